The number of benzene rings is 1. The minimum Gasteiger partial charge on any atom is -0.371 e. The number of aromatic nitrogens is 4. The van der Waals surface area contributed by atoms with Crippen molar-refractivity contribution < 1.29 is 8.42 Å². The largest absolute Gasteiger partial charge is 0.371 e. The number of aromatic amines is 1. The van der Waals surface area contributed by atoms with E-state index >= 15 is 0 Å². The second kappa shape index (κ2) is 9.79. The van der Waals surface area contributed by atoms with Crippen LogP contribution in [0.15, 0.2) is 21.9 Å². The number of nitrogens with one attached hydrogen (secondary N) is 3. The van der Waals surface area contributed by atoms with Gasteiger partial charge in [0.15, 0.2) is 0 Å². The zero-order valence-corrected chi connectivity index (χ0v) is 18.9. The van der Waals surface area contributed by atoms with E-state index in [1.807, 2.05) is 12.1 Å². The van der Waals surface area contributed by atoms with E-state index in [9.17, 15) is 8.42 Å². The van der Waals surface area contributed by atoms with Crippen molar-refractivity contribution in [3.63, 3.8) is 0 Å². The number of piperidine rings is 1. The Labute approximate surface area is 186 Å². The van der Waals surface area contributed by atoms with E-state index < -0.39 is 10.0 Å². The Hall–Kier alpha value is -1.77. The topological polar surface area (TPSA) is 168 Å². The summed E-state index contributed by atoms with van der Waals surface area (Å²) in [6.07, 6.45) is 3.98. The first-order valence-electron chi connectivity index (χ1n) is 10.5. The number of H-pyrrole nitrogens is 1. The number of primary sulfonamides is 1. The highest BCUT2D eigenvalue weighted by Gasteiger charge is 2.30. The second-order valence-corrected chi connectivity index (χ2v) is 10.4. The van der Waals surface area contributed by atoms with E-state index in [-0.39, 0.29) is 16.8 Å². The number of anilines is 1. The lowest BCUT2D eigenvalue weighted by Gasteiger charge is -2.35. The number of nitrogens with zero attached hydrogens (tertiary/aromatic N) is 4. The van der Waals surface area contributed by atoms with E-state index in [2.05, 4.69) is 35.6 Å². The van der Waals surface area contributed by atoms with Crippen LogP contribution in [0.2, 0.25) is 0 Å². The number of hydrogen-bond acceptors (Lipinski definition) is 10. The van der Waals surface area contributed by atoms with Crippen LogP contribution in [0.1, 0.15) is 25.7 Å². The summed E-state index contributed by atoms with van der Waals surface area (Å²) in [7, 11) is -4.06. The van der Waals surface area contributed by atoms with Gasteiger partial charge in [-0.3, -0.25) is 4.72 Å². The Morgan fingerprint density at radius 3 is 2.68 bits per heavy atom. The highest BCUT2D eigenvalue weighted by atomic mass is 32.2. The lowest BCUT2D eigenvalue weighted by atomic mass is 9.93. The first kappa shape index (κ1) is 22.4. The fraction of sp³-hybridized carbons (Fsp3) is 0.611. The fourth-order valence-corrected chi connectivity index (χ4v) is 6.39. The summed E-state index contributed by atoms with van der Waals surface area (Å²) < 4.78 is 28.8. The maximum Gasteiger partial charge on any atom is 0.240 e. The van der Waals surface area contributed by atoms with Gasteiger partial charge in [0.1, 0.15) is 4.90 Å². The molecule has 31 heavy (non-hydrogen) atoms. The molecular formula is C18H29N9O2S2. The Bertz CT molecular complexity index is 970. The maximum absolute atomic E-state index is 12.7. The van der Waals surface area contributed by atoms with E-state index in [1.54, 1.807) is 0 Å². The van der Waals surface area contributed by atoms with Crippen LogP contribution in [0.3, 0.4) is 0 Å². The standard InChI is InChI=1S/C18H29N9O2S2/c19-7-3-12-5-9-27(10-6-12)14-1-2-15(30-24-13-4-8-21-11-13)17(31(20,28)29)16(14)18-22-25-26-23-18/h1-2,12-13,21,24H,3-11,19H2,(H2,20,28,29)(H,22,23,25,26)/t13-/m1/s1. The molecule has 13 heteroatoms. The fourth-order valence-electron chi connectivity index (χ4n) is 4.26. The molecule has 0 spiro atoms. The monoisotopic (exact) mass is 467 g/mol. The molecule has 170 valence electrons. The molecule has 7 N–H and O–H groups in total. The number of nitrogens with two attached hydrogens (primary N) is 2. The molecule has 2 aliphatic rings. The quantitative estimate of drug-likeness (QED) is 0.334. The van der Waals surface area contributed by atoms with Gasteiger partial charge in [-0.15, -0.1) is 10.2 Å². The third-order valence-corrected chi connectivity index (χ3v) is 8.01. The predicted octanol–water partition coefficient (Wildman–Crippen LogP) is 0.0379. The molecule has 1 aromatic carbocycles. The molecule has 1 aromatic heterocycles. The van der Waals surface area contributed by atoms with Crippen molar-refractivity contribution in [2.45, 2.75) is 41.5 Å². The van der Waals surface area contributed by atoms with Gasteiger partial charge in [-0.1, -0.05) is 0 Å². The third kappa shape index (κ3) is 5.18. The molecule has 0 bridgehead atoms. The Morgan fingerprint density at radius 1 is 1.26 bits per heavy atom. The zero-order valence-electron chi connectivity index (χ0n) is 17.2. The number of tetrazole rings is 1. The molecule has 2 aromatic rings. The molecule has 0 unspecified atom stereocenters. The second-order valence-electron chi connectivity index (χ2n) is 7.98. The summed E-state index contributed by atoms with van der Waals surface area (Å²) in [5.74, 6) is 0.805. The highest BCUT2D eigenvalue weighted by Crippen LogP contribution is 2.41. The number of rotatable bonds is 8. The SMILES string of the molecule is NCCC1CCN(c2ccc(SN[C@@H]3CCNC3)c(S(N)(=O)=O)c2-c2nn[nH]n2)CC1. The smallest absolute Gasteiger partial charge is 0.240 e. The minimum atomic E-state index is -4.06. The summed E-state index contributed by atoms with van der Waals surface area (Å²) in [4.78, 5) is 2.73. The normalized spacial score (nSPS) is 20.5. The van der Waals surface area contributed by atoms with Crippen LogP contribution in [-0.2, 0) is 10.0 Å². The molecule has 2 aliphatic heterocycles. The lowest BCUT2D eigenvalue weighted by Crippen LogP contribution is -2.35. The van der Waals surface area contributed by atoms with Crippen LogP contribution in [0.5, 0.6) is 0 Å². The Balaban J connectivity index is 1.72. The molecule has 2 fully saturated rings. The van der Waals surface area contributed by atoms with Crippen molar-refractivity contribution in [1.82, 2.24) is 30.7 Å². The molecule has 0 aliphatic carbocycles. The zero-order chi connectivity index (χ0) is 21.8. The lowest BCUT2D eigenvalue weighted by molar-refractivity contribution is 0.386. The molecule has 2 saturated heterocycles. The van der Waals surface area contributed by atoms with Crippen molar-refractivity contribution in [3.05, 3.63) is 12.1 Å². The highest BCUT2D eigenvalue weighted by molar-refractivity contribution is 7.98. The first-order chi connectivity index (χ1) is 15.0. The summed E-state index contributed by atoms with van der Waals surface area (Å²) >= 11 is 1.28. The summed E-state index contributed by atoms with van der Waals surface area (Å²) in [5.41, 5.74) is 6.86. The minimum absolute atomic E-state index is 0.0268. The number of sulfonamides is 1. The van der Waals surface area contributed by atoms with E-state index in [0.717, 1.165) is 57.5 Å². The van der Waals surface area contributed by atoms with E-state index in [4.69, 9.17) is 10.9 Å². The van der Waals surface area contributed by atoms with Crippen molar-refractivity contribution >= 4 is 27.7 Å². The van der Waals surface area contributed by atoms with Gasteiger partial charge < -0.3 is 16.0 Å². The molecular weight excluding hydrogens is 438 g/mol. The third-order valence-electron chi connectivity index (χ3n) is 5.88. The summed E-state index contributed by atoms with van der Waals surface area (Å²) in [6.45, 7) is 4.07. The van der Waals surface area contributed by atoms with Gasteiger partial charge in [0.05, 0.1) is 5.56 Å². The molecule has 3 heterocycles. The van der Waals surface area contributed by atoms with Crippen LogP contribution < -0.4 is 25.8 Å². The average molecular weight is 468 g/mol. The molecule has 4 rings (SSSR count). The van der Waals surface area contributed by atoms with Gasteiger partial charge in [0.25, 0.3) is 0 Å². The predicted molar refractivity (Wildman–Crippen MR) is 120 cm³/mol. The van der Waals surface area contributed by atoms with Crippen molar-refractivity contribution in [2.75, 3.05) is 37.6 Å². The van der Waals surface area contributed by atoms with Gasteiger partial charge in [-0.2, -0.15) is 5.21 Å². The maximum atomic E-state index is 12.7. The first-order valence-corrected chi connectivity index (χ1v) is 12.9. The van der Waals surface area contributed by atoms with Gasteiger partial charge in [0, 0.05) is 36.3 Å². The van der Waals surface area contributed by atoms with Gasteiger partial charge in [-0.05, 0) is 74.0 Å². The Kier molecular flexibility index (Phi) is 7.08. The van der Waals surface area contributed by atoms with Gasteiger partial charge in [0.2, 0.25) is 15.8 Å². The number of hydrogen-bond donors (Lipinski definition) is 5. The van der Waals surface area contributed by atoms with E-state index in [0.29, 0.717) is 22.9 Å². The molecule has 1 atom stereocenters. The average Bonchev–Trinajstić information content (AvgIpc) is 3.46. The van der Waals surface area contributed by atoms with Crippen molar-refractivity contribution in [3.8, 4) is 11.4 Å². The van der Waals surface area contributed by atoms with Gasteiger partial charge >= 0.3 is 0 Å². The van der Waals surface area contributed by atoms with Crippen LogP contribution in [0, 0.1) is 5.92 Å². The molecule has 11 nitrogen and oxygen atoms in total. The van der Waals surface area contributed by atoms with Crippen LogP contribution in [-0.4, -0.2) is 67.8 Å². The summed E-state index contributed by atoms with van der Waals surface area (Å²) in [5, 5.41) is 23.2. The molecule has 0 radical (unpaired) electrons. The van der Waals surface area contributed by atoms with Gasteiger partial charge in [-0.25, -0.2) is 13.6 Å². The van der Waals surface area contributed by atoms with Crippen LogP contribution >= 0.6 is 11.9 Å². The Morgan fingerprint density at radius 2 is 2.06 bits per heavy atom. The summed E-state index contributed by atoms with van der Waals surface area (Å²) in [6, 6.07) is 4.00. The molecule has 0 saturated carbocycles. The molecule has 0 amide bonds. The van der Waals surface area contributed by atoms with E-state index in [1.165, 1.54) is 11.9 Å². The van der Waals surface area contributed by atoms with Crippen molar-refractivity contribution in [2.24, 2.45) is 16.8 Å². The van der Waals surface area contributed by atoms with Crippen molar-refractivity contribution in [1.29, 1.82) is 0 Å². The van der Waals surface area contributed by atoms with Crippen LogP contribution in [0.4, 0.5) is 5.69 Å². The van der Waals surface area contributed by atoms with Crippen LogP contribution in [0.25, 0.3) is 11.4 Å².